The van der Waals surface area contributed by atoms with Crippen LogP contribution >= 0.6 is 11.3 Å². The lowest BCUT2D eigenvalue weighted by molar-refractivity contribution is -0.124. The van der Waals surface area contributed by atoms with Crippen LogP contribution in [-0.2, 0) is 16.0 Å². The number of aryl methyl sites for hydroxylation is 3. The van der Waals surface area contributed by atoms with Crippen LogP contribution in [0, 0.1) is 13.8 Å². The minimum Gasteiger partial charge on any atom is -0.493 e. The van der Waals surface area contributed by atoms with Crippen LogP contribution in [0.3, 0.4) is 0 Å². The Balaban J connectivity index is 1.47. The average molecular weight is 388 g/mol. The Morgan fingerprint density at radius 2 is 2.04 bits per heavy atom. The molecule has 3 rings (SSSR count). The van der Waals surface area contributed by atoms with E-state index in [4.69, 9.17) is 4.74 Å². The topological polar surface area (TPSA) is 80.3 Å². The summed E-state index contributed by atoms with van der Waals surface area (Å²) in [6.45, 7) is 6.58. The van der Waals surface area contributed by atoms with Crippen molar-refractivity contribution in [2.45, 2.75) is 52.5 Å². The molecule has 0 radical (unpaired) electrons. The van der Waals surface area contributed by atoms with E-state index in [0.717, 1.165) is 41.3 Å². The monoisotopic (exact) mass is 387 g/mol. The standard InChI is InChI=1S/C20H25N3O3S/c1-12-14(3)27-20(22-12)23-19(25)9-8-18(24)21-13(2)15-6-7-17-16(11-15)5-4-10-26-17/h6-7,11,13H,4-5,8-10H2,1-3H3,(H,21,24)(H,22,23,25)/t13-/m0/s1. The van der Waals surface area contributed by atoms with Gasteiger partial charge in [0.2, 0.25) is 11.8 Å². The third-order valence-corrected chi connectivity index (χ3v) is 5.65. The summed E-state index contributed by atoms with van der Waals surface area (Å²) < 4.78 is 5.63. The van der Waals surface area contributed by atoms with E-state index in [-0.39, 0.29) is 30.7 Å². The number of hydrogen-bond donors (Lipinski definition) is 2. The van der Waals surface area contributed by atoms with Crippen molar-refractivity contribution in [1.82, 2.24) is 10.3 Å². The Labute approximate surface area is 163 Å². The molecule has 0 saturated heterocycles. The van der Waals surface area contributed by atoms with Crippen LogP contribution in [0.15, 0.2) is 18.2 Å². The van der Waals surface area contributed by atoms with Gasteiger partial charge in [0.05, 0.1) is 18.3 Å². The number of fused-ring (bicyclic) bond motifs is 1. The molecule has 6 nitrogen and oxygen atoms in total. The van der Waals surface area contributed by atoms with Crippen molar-refractivity contribution in [2.75, 3.05) is 11.9 Å². The maximum Gasteiger partial charge on any atom is 0.226 e. The zero-order valence-electron chi connectivity index (χ0n) is 15.9. The zero-order chi connectivity index (χ0) is 19.4. The summed E-state index contributed by atoms with van der Waals surface area (Å²) in [5.74, 6) is 0.600. The lowest BCUT2D eigenvalue weighted by Crippen LogP contribution is -2.27. The van der Waals surface area contributed by atoms with Crippen molar-refractivity contribution < 1.29 is 14.3 Å². The van der Waals surface area contributed by atoms with E-state index in [1.165, 1.54) is 16.9 Å². The van der Waals surface area contributed by atoms with Crippen molar-refractivity contribution in [2.24, 2.45) is 0 Å². The highest BCUT2D eigenvalue weighted by Gasteiger charge is 2.16. The van der Waals surface area contributed by atoms with Crippen LogP contribution in [0.4, 0.5) is 5.13 Å². The fourth-order valence-electron chi connectivity index (χ4n) is 2.98. The summed E-state index contributed by atoms with van der Waals surface area (Å²) in [6.07, 6.45) is 2.30. The number of benzene rings is 1. The highest BCUT2D eigenvalue weighted by atomic mass is 32.1. The van der Waals surface area contributed by atoms with Gasteiger partial charge in [-0.3, -0.25) is 9.59 Å². The molecule has 0 aliphatic carbocycles. The zero-order valence-corrected chi connectivity index (χ0v) is 16.7. The molecule has 2 aromatic rings. The summed E-state index contributed by atoms with van der Waals surface area (Å²) in [6, 6.07) is 5.93. The molecule has 144 valence electrons. The van der Waals surface area contributed by atoms with E-state index < -0.39 is 0 Å². The number of ether oxygens (including phenoxy) is 1. The maximum absolute atomic E-state index is 12.2. The molecule has 2 amide bonds. The van der Waals surface area contributed by atoms with Gasteiger partial charge in [0, 0.05) is 17.7 Å². The van der Waals surface area contributed by atoms with E-state index in [0.29, 0.717) is 5.13 Å². The van der Waals surface area contributed by atoms with Crippen molar-refractivity contribution in [3.8, 4) is 5.75 Å². The number of carbonyl (C=O) groups excluding carboxylic acids is 2. The van der Waals surface area contributed by atoms with Crippen LogP contribution in [0.2, 0.25) is 0 Å². The molecular formula is C20H25N3O3S. The Hall–Kier alpha value is -2.41. The van der Waals surface area contributed by atoms with Crippen LogP contribution in [0.1, 0.15) is 53.9 Å². The number of carbonyl (C=O) groups is 2. The largest absolute Gasteiger partial charge is 0.493 e. The number of aromatic nitrogens is 1. The van der Waals surface area contributed by atoms with E-state index >= 15 is 0 Å². The molecule has 1 atom stereocenters. The Kier molecular flexibility index (Phi) is 6.11. The summed E-state index contributed by atoms with van der Waals surface area (Å²) in [7, 11) is 0. The Bertz CT molecular complexity index is 827. The molecule has 1 aromatic heterocycles. The Morgan fingerprint density at radius 3 is 2.78 bits per heavy atom. The summed E-state index contributed by atoms with van der Waals surface area (Å²) in [5.41, 5.74) is 3.15. The van der Waals surface area contributed by atoms with Crippen LogP contribution in [0.25, 0.3) is 0 Å². The number of thiazole rings is 1. The van der Waals surface area contributed by atoms with Crippen molar-refractivity contribution in [3.05, 3.63) is 39.9 Å². The third-order valence-electron chi connectivity index (χ3n) is 4.66. The lowest BCUT2D eigenvalue weighted by Gasteiger charge is -2.20. The molecule has 0 unspecified atom stereocenters. The first-order chi connectivity index (χ1) is 12.9. The van der Waals surface area contributed by atoms with E-state index in [1.54, 1.807) is 0 Å². The number of rotatable bonds is 6. The van der Waals surface area contributed by atoms with Gasteiger partial charge in [0.25, 0.3) is 0 Å². The highest BCUT2D eigenvalue weighted by Crippen LogP contribution is 2.27. The van der Waals surface area contributed by atoms with Gasteiger partial charge in [0.1, 0.15) is 5.75 Å². The molecular weight excluding hydrogens is 362 g/mol. The second-order valence-corrected chi connectivity index (χ2v) is 8.02. The predicted octanol–water partition coefficient (Wildman–Crippen LogP) is 3.68. The highest BCUT2D eigenvalue weighted by molar-refractivity contribution is 7.15. The predicted molar refractivity (Wildman–Crippen MR) is 106 cm³/mol. The molecule has 1 aliphatic heterocycles. The third kappa shape index (κ3) is 5.07. The molecule has 0 spiro atoms. The molecule has 0 bridgehead atoms. The van der Waals surface area contributed by atoms with Gasteiger partial charge in [-0.05, 0) is 50.8 Å². The summed E-state index contributed by atoms with van der Waals surface area (Å²) in [5, 5.41) is 6.30. The number of amides is 2. The van der Waals surface area contributed by atoms with Gasteiger partial charge in [-0.15, -0.1) is 11.3 Å². The molecule has 1 aliphatic rings. The van der Waals surface area contributed by atoms with Gasteiger partial charge in [0.15, 0.2) is 5.13 Å². The number of anilines is 1. The summed E-state index contributed by atoms with van der Waals surface area (Å²) in [4.78, 5) is 29.6. The average Bonchev–Trinajstić information content (AvgIpc) is 2.96. The molecule has 0 saturated carbocycles. The van der Waals surface area contributed by atoms with Gasteiger partial charge in [-0.25, -0.2) is 4.98 Å². The molecule has 2 heterocycles. The molecule has 27 heavy (non-hydrogen) atoms. The van der Waals surface area contributed by atoms with Crippen LogP contribution < -0.4 is 15.4 Å². The number of nitrogens with zero attached hydrogens (tertiary/aromatic N) is 1. The number of hydrogen-bond acceptors (Lipinski definition) is 5. The number of nitrogens with one attached hydrogen (secondary N) is 2. The van der Waals surface area contributed by atoms with E-state index in [2.05, 4.69) is 21.7 Å². The Morgan fingerprint density at radius 1 is 1.26 bits per heavy atom. The SMILES string of the molecule is Cc1nc(NC(=O)CCC(=O)N[C@@H](C)c2ccc3c(c2)CCCO3)sc1C. The van der Waals surface area contributed by atoms with Crippen molar-refractivity contribution in [3.63, 3.8) is 0 Å². The first-order valence-corrected chi connectivity index (χ1v) is 10.0. The molecule has 2 N–H and O–H groups in total. The van der Waals surface area contributed by atoms with E-state index in [1.807, 2.05) is 32.9 Å². The van der Waals surface area contributed by atoms with Crippen LogP contribution in [0.5, 0.6) is 5.75 Å². The maximum atomic E-state index is 12.2. The fraction of sp³-hybridized carbons (Fsp3) is 0.450. The van der Waals surface area contributed by atoms with Crippen molar-refractivity contribution >= 4 is 28.3 Å². The fourth-order valence-corrected chi connectivity index (χ4v) is 3.81. The normalized spacial score (nSPS) is 14.0. The molecule has 7 heteroatoms. The van der Waals surface area contributed by atoms with Gasteiger partial charge in [-0.2, -0.15) is 0 Å². The minimum absolute atomic E-state index is 0.114. The lowest BCUT2D eigenvalue weighted by atomic mass is 10.00. The van der Waals surface area contributed by atoms with Crippen LogP contribution in [-0.4, -0.2) is 23.4 Å². The van der Waals surface area contributed by atoms with Gasteiger partial charge in [-0.1, -0.05) is 12.1 Å². The second-order valence-electron chi connectivity index (χ2n) is 6.82. The van der Waals surface area contributed by atoms with Gasteiger partial charge >= 0.3 is 0 Å². The smallest absolute Gasteiger partial charge is 0.226 e. The molecule has 1 aromatic carbocycles. The molecule has 0 fully saturated rings. The van der Waals surface area contributed by atoms with E-state index in [9.17, 15) is 9.59 Å². The minimum atomic E-state index is -0.197. The first-order valence-electron chi connectivity index (χ1n) is 9.21. The van der Waals surface area contributed by atoms with Gasteiger partial charge < -0.3 is 15.4 Å². The quantitative estimate of drug-likeness (QED) is 0.792. The summed E-state index contributed by atoms with van der Waals surface area (Å²) >= 11 is 1.44. The first kappa shape index (κ1) is 19.4. The second kappa shape index (κ2) is 8.52. The van der Waals surface area contributed by atoms with Crippen molar-refractivity contribution in [1.29, 1.82) is 0 Å².